The Morgan fingerprint density at radius 1 is 1.23 bits per heavy atom. The maximum atomic E-state index is 12.0. The van der Waals surface area contributed by atoms with Gasteiger partial charge in [0.2, 0.25) is 0 Å². The van der Waals surface area contributed by atoms with Crippen molar-refractivity contribution in [1.29, 1.82) is 0 Å². The molecule has 1 amide bonds. The number of nitrogens with zero attached hydrogens (tertiary/aromatic N) is 1. The van der Waals surface area contributed by atoms with Gasteiger partial charge in [0.05, 0.1) is 11.8 Å². The lowest BCUT2D eigenvalue weighted by Crippen LogP contribution is -2.54. The molecule has 0 spiro atoms. The standard InChI is InChI=1S/C27H38N2O6/c1-5-27(34)13-10-21-19-7-6-17-14-18(8-11-25(17,3)20(19)9-12-26(21,27)4)29-35-15-22(31)28-23(16(2)30)24(32)33/h1,14,16,19-21,23,30,34H,6-13,15H2,2-4H3,(H,28,31)(H,32,33)/t16?,19?,20?,21?,23?,25-,26-,27+/m0/s1. The number of aliphatic carboxylic acids is 1. The van der Waals surface area contributed by atoms with E-state index >= 15 is 0 Å². The number of allylic oxidation sites excluding steroid dienone is 2. The number of carboxylic acids is 1. The van der Waals surface area contributed by atoms with Crippen molar-refractivity contribution in [2.24, 2.45) is 33.7 Å². The first-order valence-corrected chi connectivity index (χ1v) is 12.8. The second-order valence-corrected chi connectivity index (χ2v) is 11.5. The summed E-state index contributed by atoms with van der Waals surface area (Å²) in [7, 11) is 0. The maximum Gasteiger partial charge on any atom is 0.328 e. The highest BCUT2D eigenvalue weighted by Crippen LogP contribution is 2.67. The molecule has 4 rings (SSSR count). The molecule has 8 heteroatoms. The second-order valence-electron chi connectivity index (χ2n) is 11.5. The lowest BCUT2D eigenvalue weighted by atomic mass is 9.46. The first-order valence-electron chi connectivity index (χ1n) is 12.8. The van der Waals surface area contributed by atoms with Crippen LogP contribution in [-0.4, -0.2) is 57.3 Å². The molecular weight excluding hydrogens is 448 g/mol. The minimum Gasteiger partial charge on any atom is -0.480 e. The number of oxime groups is 1. The van der Waals surface area contributed by atoms with Gasteiger partial charge in [0.1, 0.15) is 5.60 Å². The molecule has 8 atom stereocenters. The fourth-order valence-corrected chi connectivity index (χ4v) is 7.67. The highest BCUT2D eigenvalue weighted by atomic mass is 16.6. The van der Waals surface area contributed by atoms with Gasteiger partial charge in [0.15, 0.2) is 12.6 Å². The number of rotatable bonds is 6. The number of aliphatic hydroxyl groups excluding tert-OH is 1. The van der Waals surface area contributed by atoms with Crippen molar-refractivity contribution in [3.05, 3.63) is 11.6 Å². The first-order chi connectivity index (χ1) is 16.4. The summed E-state index contributed by atoms with van der Waals surface area (Å²) in [6, 6.07) is -1.39. The molecule has 0 heterocycles. The van der Waals surface area contributed by atoms with E-state index in [1.165, 1.54) is 12.5 Å². The lowest BCUT2D eigenvalue weighted by Gasteiger charge is -2.58. The smallest absolute Gasteiger partial charge is 0.328 e. The Bertz CT molecular complexity index is 983. The maximum absolute atomic E-state index is 12.0. The third kappa shape index (κ3) is 4.27. The van der Waals surface area contributed by atoms with E-state index in [1.807, 2.05) is 0 Å². The number of carboxylic acid groups (broad SMARTS) is 1. The zero-order valence-corrected chi connectivity index (χ0v) is 20.9. The summed E-state index contributed by atoms with van der Waals surface area (Å²) in [6.07, 6.45) is 14.1. The Morgan fingerprint density at radius 3 is 2.60 bits per heavy atom. The summed E-state index contributed by atoms with van der Waals surface area (Å²) >= 11 is 0. The summed E-state index contributed by atoms with van der Waals surface area (Å²) in [6.45, 7) is 5.46. The lowest BCUT2D eigenvalue weighted by molar-refractivity contribution is -0.145. The average Bonchev–Trinajstić information content (AvgIpc) is 3.08. The number of carbonyl (C=O) groups is 2. The van der Waals surface area contributed by atoms with Gasteiger partial charge in [-0.25, -0.2) is 4.79 Å². The summed E-state index contributed by atoms with van der Waals surface area (Å²) in [5.74, 6) is 2.36. The molecule has 0 aromatic rings. The average molecular weight is 487 g/mol. The SMILES string of the molecule is C#C[C@@]1(O)CCC2C3CCC4=CC(=NOCC(=O)NC(C(=O)O)C(C)O)CC[C@]4(C)C3CC[C@@]21C. The Morgan fingerprint density at radius 2 is 1.94 bits per heavy atom. The minimum absolute atomic E-state index is 0.0868. The van der Waals surface area contributed by atoms with E-state index in [2.05, 4.69) is 36.3 Å². The molecule has 0 saturated heterocycles. The van der Waals surface area contributed by atoms with Gasteiger partial charge in [-0.05, 0) is 87.5 Å². The van der Waals surface area contributed by atoms with Gasteiger partial charge in [-0.1, -0.05) is 30.5 Å². The third-order valence-corrected chi connectivity index (χ3v) is 9.81. The Balaban J connectivity index is 1.41. The molecule has 4 aliphatic rings. The van der Waals surface area contributed by atoms with Crippen LogP contribution >= 0.6 is 0 Å². The van der Waals surface area contributed by atoms with Crippen molar-refractivity contribution in [1.82, 2.24) is 5.32 Å². The van der Waals surface area contributed by atoms with E-state index < -0.39 is 36.2 Å². The Kier molecular flexibility index (Phi) is 6.80. The summed E-state index contributed by atoms with van der Waals surface area (Å²) < 4.78 is 0. The van der Waals surface area contributed by atoms with Crippen molar-refractivity contribution in [3.8, 4) is 12.3 Å². The molecule has 0 bridgehead atoms. The summed E-state index contributed by atoms with van der Waals surface area (Å²) in [4.78, 5) is 28.3. The van der Waals surface area contributed by atoms with Gasteiger partial charge < -0.3 is 25.5 Å². The van der Waals surface area contributed by atoms with Gasteiger partial charge in [-0.2, -0.15) is 0 Å². The van der Waals surface area contributed by atoms with Crippen molar-refractivity contribution < 1.29 is 29.7 Å². The fraction of sp³-hybridized carbons (Fsp3) is 0.741. The van der Waals surface area contributed by atoms with Crippen LogP contribution in [-0.2, 0) is 14.4 Å². The molecule has 8 nitrogen and oxygen atoms in total. The molecule has 5 unspecified atom stereocenters. The van der Waals surface area contributed by atoms with Crippen LogP contribution in [0.4, 0.5) is 0 Å². The topological polar surface area (TPSA) is 128 Å². The van der Waals surface area contributed by atoms with Crippen LogP contribution in [0.5, 0.6) is 0 Å². The highest BCUT2D eigenvalue weighted by Gasteiger charge is 2.63. The molecule has 0 radical (unpaired) electrons. The number of hydrogen-bond donors (Lipinski definition) is 4. The van der Waals surface area contributed by atoms with Crippen LogP contribution in [0.15, 0.2) is 16.8 Å². The van der Waals surface area contributed by atoms with Gasteiger partial charge >= 0.3 is 5.97 Å². The van der Waals surface area contributed by atoms with Gasteiger partial charge in [0.25, 0.3) is 5.91 Å². The Hall–Kier alpha value is -2.37. The zero-order valence-electron chi connectivity index (χ0n) is 20.9. The van der Waals surface area contributed by atoms with Crippen molar-refractivity contribution in [2.75, 3.05) is 6.61 Å². The van der Waals surface area contributed by atoms with Gasteiger partial charge in [-0.3, -0.25) is 4.79 Å². The zero-order chi connectivity index (χ0) is 25.6. The molecule has 192 valence electrons. The van der Waals surface area contributed by atoms with E-state index in [9.17, 15) is 19.8 Å². The Labute approximate surface area is 207 Å². The largest absolute Gasteiger partial charge is 0.480 e. The highest BCUT2D eigenvalue weighted by molar-refractivity contribution is 5.96. The van der Waals surface area contributed by atoms with Gasteiger partial charge in [-0.15, -0.1) is 6.42 Å². The molecule has 4 N–H and O–H groups in total. The molecule has 0 aromatic carbocycles. The van der Waals surface area contributed by atoms with E-state index in [1.54, 1.807) is 0 Å². The monoisotopic (exact) mass is 486 g/mol. The van der Waals surface area contributed by atoms with Crippen molar-refractivity contribution >= 4 is 17.6 Å². The number of aliphatic hydroxyl groups is 2. The molecule has 0 aliphatic heterocycles. The molecule has 4 aliphatic carbocycles. The van der Waals surface area contributed by atoms with Gasteiger partial charge in [0, 0.05) is 5.41 Å². The van der Waals surface area contributed by atoms with Crippen LogP contribution in [0.2, 0.25) is 0 Å². The van der Waals surface area contributed by atoms with Crippen LogP contribution in [0.25, 0.3) is 0 Å². The van der Waals surface area contributed by atoms with Crippen molar-refractivity contribution in [3.63, 3.8) is 0 Å². The molecule has 3 saturated carbocycles. The second kappa shape index (κ2) is 9.25. The van der Waals surface area contributed by atoms with E-state index in [-0.39, 0.29) is 10.8 Å². The number of nitrogens with one attached hydrogen (secondary N) is 1. The summed E-state index contributed by atoms with van der Waals surface area (Å²) in [5, 5.41) is 36.1. The fourth-order valence-electron chi connectivity index (χ4n) is 7.67. The molecular formula is C27H38N2O6. The number of hydrogen-bond acceptors (Lipinski definition) is 6. The molecule has 35 heavy (non-hydrogen) atoms. The van der Waals surface area contributed by atoms with Crippen LogP contribution in [0.3, 0.4) is 0 Å². The number of carbonyl (C=O) groups excluding carboxylic acids is 1. The predicted octanol–water partition coefficient (Wildman–Crippen LogP) is 2.64. The number of amides is 1. The van der Waals surface area contributed by atoms with E-state index in [0.29, 0.717) is 24.2 Å². The number of fused-ring (bicyclic) bond motifs is 5. The normalized spacial score (nSPS) is 40.9. The number of terminal acetylenes is 1. The molecule has 3 fully saturated rings. The van der Waals surface area contributed by atoms with Crippen LogP contribution < -0.4 is 5.32 Å². The quantitative estimate of drug-likeness (QED) is 0.338. The first kappa shape index (κ1) is 25.7. The van der Waals surface area contributed by atoms with E-state index in [4.69, 9.17) is 16.4 Å². The summed E-state index contributed by atoms with van der Waals surface area (Å²) in [5.41, 5.74) is 1.06. The third-order valence-electron chi connectivity index (χ3n) is 9.81. The van der Waals surface area contributed by atoms with Crippen molar-refractivity contribution in [2.45, 2.75) is 89.9 Å². The molecule has 0 aromatic heterocycles. The van der Waals surface area contributed by atoms with Crippen LogP contribution in [0, 0.1) is 40.9 Å². The predicted molar refractivity (Wildman–Crippen MR) is 130 cm³/mol. The minimum atomic E-state index is -1.39. The van der Waals surface area contributed by atoms with E-state index in [0.717, 1.165) is 50.7 Å². The van der Waals surface area contributed by atoms with Crippen LogP contribution in [0.1, 0.15) is 72.1 Å².